The van der Waals surface area contributed by atoms with Crippen molar-refractivity contribution < 1.29 is 9.21 Å². The summed E-state index contributed by atoms with van der Waals surface area (Å²) in [5, 5.41) is 18.0. The SMILES string of the molecule is CCCCc1nc(Cl)c(C(=O)NCC)n1Cc1c2ccocc-2c(Br)c1-c1ccccc1-c1nnn(C(c2ccccc2)(c2ccccc2)c2ccccc2)n1. The smallest absolute Gasteiger partial charge is 0.271 e. The Bertz CT molecular complexity index is 2470. The summed E-state index contributed by atoms with van der Waals surface area (Å²) in [6.07, 6.45) is 5.96. The van der Waals surface area contributed by atoms with Crippen molar-refractivity contribution in [2.24, 2.45) is 0 Å². The van der Waals surface area contributed by atoms with Crippen LogP contribution in [0.4, 0.5) is 0 Å². The van der Waals surface area contributed by atoms with Crippen LogP contribution < -0.4 is 5.32 Å². The van der Waals surface area contributed by atoms with E-state index in [4.69, 9.17) is 36.4 Å². The van der Waals surface area contributed by atoms with E-state index in [-0.39, 0.29) is 11.1 Å². The van der Waals surface area contributed by atoms with E-state index in [1.807, 2.05) is 90.4 Å². The molecule has 2 aromatic heterocycles. The normalized spacial score (nSPS) is 11.6. The number of rotatable bonds is 13. The van der Waals surface area contributed by atoms with Crippen LogP contribution in [-0.2, 0) is 18.5 Å². The van der Waals surface area contributed by atoms with Gasteiger partial charge in [-0.05, 0) is 73.9 Å². The number of imidazole rings is 1. The third-order valence-electron chi connectivity index (χ3n) is 10.2. The first-order valence-corrected chi connectivity index (χ1v) is 19.9. The van der Waals surface area contributed by atoms with Crippen LogP contribution in [0.3, 0.4) is 0 Å². The molecule has 0 unspecified atom stereocenters. The fourth-order valence-electron chi connectivity index (χ4n) is 7.67. The number of nitrogens with zero attached hydrogens (tertiary/aromatic N) is 6. The number of aryl methyl sites for hydroxylation is 1. The minimum atomic E-state index is -0.933. The van der Waals surface area contributed by atoms with Crippen LogP contribution in [-0.4, -0.2) is 42.2 Å². The number of benzene rings is 4. The van der Waals surface area contributed by atoms with Gasteiger partial charge in [-0.2, -0.15) is 0 Å². The molecular formula is C45H39BrClN7O2. The summed E-state index contributed by atoms with van der Waals surface area (Å²) in [4.78, 5) is 20.0. The molecule has 0 bridgehead atoms. The van der Waals surface area contributed by atoms with Crippen LogP contribution in [0.15, 0.2) is 143 Å². The fourth-order valence-corrected chi connectivity index (χ4v) is 8.72. The third-order valence-corrected chi connectivity index (χ3v) is 11.3. The molecule has 0 saturated heterocycles. The van der Waals surface area contributed by atoms with Crippen LogP contribution in [0.1, 0.15) is 65.3 Å². The molecule has 9 nitrogen and oxygen atoms in total. The van der Waals surface area contributed by atoms with Gasteiger partial charge in [0.1, 0.15) is 11.5 Å². The molecule has 0 radical (unpaired) electrons. The van der Waals surface area contributed by atoms with E-state index in [0.29, 0.717) is 31.0 Å². The maximum absolute atomic E-state index is 13.5. The van der Waals surface area contributed by atoms with Gasteiger partial charge in [-0.3, -0.25) is 4.79 Å². The summed E-state index contributed by atoms with van der Waals surface area (Å²) in [6.45, 7) is 4.82. The molecule has 56 heavy (non-hydrogen) atoms. The highest BCUT2D eigenvalue weighted by Crippen LogP contribution is 2.49. The lowest BCUT2D eigenvalue weighted by molar-refractivity contribution is 0.0946. The van der Waals surface area contributed by atoms with Gasteiger partial charge in [-0.15, -0.1) is 15.0 Å². The Morgan fingerprint density at radius 3 is 2.02 bits per heavy atom. The van der Waals surface area contributed by atoms with E-state index in [1.54, 1.807) is 17.3 Å². The average Bonchev–Trinajstić information content (AvgIpc) is 3.93. The minimum Gasteiger partial charge on any atom is -0.472 e. The maximum atomic E-state index is 13.5. The highest BCUT2D eigenvalue weighted by Gasteiger charge is 2.41. The highest BCUT2D eigenvalue weighted by molar-refractivity contribution is 9.10. The molecule has 2 aliphatic rings. The second kappa shape index (κ2) is 16.1. The van der Waals surface area contributed by atoms with Crippen molar-refractivity contribution in [3.05, 3.63) is 177 Å². The Hall–Kier alpha value is -5.84. The topological polar surface area (TPSA) is 104 Å². The summed E-state index contributed by atoms with van der Waals surface area (Å²) in [5.74, 6) is 0.948. The van der Waals surface area contributed by atoms with Gasteiger partial charge in [0, 0.05) is 34.1 Å². The number of aromatic nitrogens is 6. The molecule has 0 atom stereocenters. The van der Waals surface area contributed by atoms with Gasteiger partial charge < -0.3 is 14.3 Å². The van der Waals surface area contributed by atoms with Gasteiger partial charge in [0.2, 0.25) is 5.82 Å². The number of unbranched alkanes of at least 4 members (excludes halogenated alkanes) is 1. The molecule has 1 N–H and O–H groups in total. The van der Waals surface area contributed by atoms with Crippen molar-refractivity contribution in [2.75, 3.05) is 6.54 Å². The molecule has 6 aromatic rings. The van der Waals surface area contributed by atoms with E-state index in [0.717, 1.165) is 73.2 Å². The standard InChI is InChI=1S/C45H39BrClN7O2/c1-3-5-25-38-49-42(47)41(44(55)48-4-2)53(38)28-36-33-26-27-56-29-37(33)40(46)39(36)34-23-15-16-24-35(34)43-50-52-54(51-43)45(30-17-9-6-10-18-30,31-19-11-7-12-20-31)32-21-13-8-14-22-32/h6-24,26-27,29H,3-5,25,28H2,1-2H3,(H,48,55). The Morgan fingerprint density at radius 1 is 0.804 bits per heavy atom. The zero-order valence-electron chi connectivity index (χ0n) is 31.0. The minimum absolute atomic E-state index is 0.188. The lowest BCUT2D eigenvalue weighted by Gasteiger charge is -2.34. The Balaban J connectivity index is 1.33. The van der Waals surface area contributed by atoms with Gasteiger partial charge in [0.25, 0.3) is 5.91 Å². The Labute approximate surface area is 338 Å². The van der Waals surface area contributed by atoms with Gasteiger partial charge in [0.15, 0.2) is 10.7 Å². The first-order valence-electron chi connectivity index (χ1n) is 18.7. The summed E-state index contributed by atoms with van der Waals surface area (Å²) >= 11 is 10.7. The first kappa shape index (κ1) is 37.1. The van der Waals surface area contributed by atoms with Gasteiger partial charge >= 0.3 is 0 Å². The molecule has 8 rings (SSSR count). The van der Waals surface area contributed by atoms with E-state index in [1.165, 1.54) is 0 Å². The van der Waals surface area contributed by atoms with Gasteiger partial charge in [0.05, 0.1) is 19.1 Å². The fraction of sp³-hybridized carbons (Fsp3) is 0.178. The second-order valence-corrected chi connectivity index (χ2v) is 14.7. The van der Waals surface area contributed by atoms with Crippen LogP contribution in [0, 0.1) is 0 Å². The molecule has 3 heterocycles. The molecule has 1 aliphatic carbocycles. The Morgan fingerprint density at radius 2 is 1.41 bits per heavy atom. The molecule has 1 amide bonds. The molecule has 0 fully saturated rings. The number of hydrogen-bond donors (Lipinski definition) is 1. The predicted octanol–water partition coefficient (Wildman–Crippen LogP) is 10.3. The van der Waals surface area contributed by atoms with Crippen LogP contribution >= 0.6 is 27.5 Å². The van der Waals surface area contributed by atoms with Crippen molar-refractivity contribution >= 4 is 33.4 Å². The predicted molar refractivity (Wildman–Crippen MR) is 223 cm³/mol. The number of carbonyl (C=O) groups excluding carboxylic acids is 1. The summed E-state index contributed by atoms with van der Waals surface area (Å²) in [6, 6.07) is 40.9. The average molecular weight is 825 g/mol. The zero-order valence-corrected chi connectivity index (χ0v) is 33.3. The van der Waals surface area contributed by atoms with E-state index >= 15 is 0 Å². The van der Waals surface area contributed by atoms with Crippen molar-refractivity contribution in [3.63, 3.8) is 0 Å². The van der Waals surface area contributed by atoms with Crippen molar-refractivity contribution in [1.82, 2.24) is 35.1 Å². The number of amides is 1. The molecular weight excluding hydrogens is 786 g/mol. The van der Waals surface area contributed by atoms with E-state index in [9.17, 15) is 4.79 Å². The number of carbonyl (C=O) groups is 1. The number of nitrogens with one attached hydrogen (secondary N) is 1. The van der Waals surface area contributed by atoms with Crippen molar-refractivity contribution in [1.29, 1.82) is 0 Å². The number of fused-ring (bicyclic) bond motifs is 1. The third kappa shape index (κ3) is 6.52. The maximum Gasteiger partial charge on any atom is 0.271 e. The van der Waals surface area contributed by atoms with Crippen molar-refractivity contribution in [3.8, 4) is 33.6 Å². The van der Waals surface area contributed by atoms with E-state index < -0.39 is 5.54 Å². The summed E-state index contributed by atoms with van der Waals surface area (Å²) in [7, 11) is 0. The highest BCUT2D eigenvalue weighted by atomic mass is 79.9. The monoisotopic (exact) mass is 823 g/mol. The number of tetrazole rings is 1. The molecule has 0 spiro atoms. The molecule has 1 aliphatic heterocycles. The summed E-state index contributed by atoms with van der Waals surface area (Å²) in [5.41, 5.74) is 7.80. The lowest BCUT2D eigenvalue weighted by Crippen LogP contribution is -2.39. The largest absolute Gasteiger partial charge is 0.472 e. The quantitative estimate of drug-likeness (QED) is 0.116. The summed E-state index contributed by atoms with van der Waals surface area (Å²) < 4.78 is 8.52. The first-order chi connectivity index (χ1) is 27.5. The molecule has 0 saturated carbocycles. The molecule has 4 aromatic carbocycles. The van der Waals surface area contributed by atoms with Crippen molar-refractivity contribution in [2.45, 2.75) is 45.2 Å². The molecule has 280 valence electrons. The van der Waals surface area contributed by atoms with E-state index in [2.05, 4.69) is 70.6 Å². The second-order valence-electron chi connectivity index (χ2n) is 13.5. The number of halogens is 2. The van der Waals surface area contributed by atoms with Gasteiger partial charge in [-0.25, -0.2) is 4.98 Å². The number of hydrogen-bond acceptors (Lipinski definition) is 6. The van der Waals surface area contributed by atoms with Crippen LogP contribution in [0.5, 0.6) is 0 Å². The zero-order chi connectivity index (χ0) is 38.6. The van der Waals surface area contributed by atoms with Crippen LogP contribution in [0.25, 0.3) is 33.6 Å². The lowest BCUT2D eigenvalue weighted by atomic mass is 9.77. The van der Waals surface area contributed by atoms with Gasteiger partial charge in [-0.1, -0.05) is 140 Å². The van der Waals surface area contributed by atoms with Crippen LogP contribution in [0.2, 0.25) is 5.15 Å². The Kier molecular flexibility index (Phi) is 10.7. The molecule has 11 heteroatoms.